The molecule has 1 aliphatic rings. The van der Waals surface area contributed by atoms with Crippen molar-refractivity contribution in [2.45, 2.75) is 18.8 Å². The quantitative estimate of drug-likeness (QED) is 0.490. The minimum atomic E-state index is -2.95. The Morgan fingerprint density at radius 1 is 1.23 bits per heavy atom. The van der Waals surface area contributed by atoms with E-state index in [9.17, 15) is 13.2 Å². The number of imidazole rings is 1. The summed E-state index contributed by atoms with van der Waals surface area (Å²) >= 11 is 1.61. The second-order valence-corrected chi connectivity index (χ2v) is 11.4. The Labute approximate surface area is 183 Å². The molecule has 3 aromatic heterocycles. The predicted molar refractivity (Wildman–Crippen MR) is 123 cm³/mol. The third kappa shape index (κ3) is 3.57. The zero-order valence-electron chi connectivity index (χ0n) is 17.0. The van der Waals surface area contributed by atoms with Gasteiger partial charge >= 0.3 is 0 Å². The Bertz CT molecular complexity index is 1400. The summed E-state index contributed by atoms with van der Waals surface area (Å²) in [7, 11) is -0.992. The van der Waals surface area contributed by atoms with E-state index in [1.807, 2.05) is 42.2 Å². The lowest BCUT2D eigenvalue weighted by Crippen LogP contribution is -2.22. The normalized spacial score (nSPS) is 16.7. The van der Waals surface area contributed by atoms with E-state index in [-0.39, 0.29) is 17.4 Å². The van der Waals surface area contributed by atoms with E-state index < -0.39 is 15.7 Å². The molecule has 4 heterocycles. The monoisotopic (exact) mass is 454 g/mol. The van der Waals surface area contributed by atoms with Crippen molar-refractivity contribution in [3.8, 4) is 21.1 Å². The predicted octanol–water partition coefficient (Wildman–Crippen LogP) is 3.69. The number of thiophene rings is 1. The molecule has 160 valence electrons. The van der Waals surface area contributed by atoms with Crippen molar-refractivity contribution in [1.29, 1.82) is 0 Å². The van der Waals surface area contributed by atoms with E-state index in [1.54, 1.807) is 17.5 Å². The van der Waals surface area contributed by atoms with Gasteiger partial charge in [0.2, 0.25) is 0 Å². The second-order valence-electron chi connectivity index (χ2n) is 8.01. The summed E-state index contributed by atoms with van der Waals surface area (Å²) in [5, 5.41) is 0.933. The van der Waals surface area contributed by atoms with Crippen LogP contribution in [0.5, 0.6) is 0 Å². The highest BCUT2D eigenvalue weighted by Gasteiger charge is 2.27. The molecule has 31 heavy (non-hydrogen) atoms. The van der Waals surface area contributed by atoms with Gasteiger partial charge in [-0.25, -0.2) is 13.4 Å². The number of hydrogen-bond donors (Lipinski definition) is 2. The number of carbonyl (C=O) groups is 1. The van der Waals surface area contributed by atoms with Gasteiger partial charge in [0, 0.05) is 35.9 Å². The van der Waals surface area contributed by atoms with Gasteiger partial charge in [0.15, 0.2) is 0 Å². The maximum atomic E-state index is 12.2. The fourth-order valence-corrected chi connectivity index (χ4v) is 6.87. The number of H-pyrrole nitrogens is 1. The van der Waals surface area contributed by atoms with Gasteiger partial charge in [0.25, 0.3) is 5.91 Å². The molecule has 0 atom stereocenters. The number of nitrogens with two attached hydrogens (primary N) is 1. The van der Waals surface area contributed by atoms with Gasteiger partial charge in [-0.2, -0.15) is 0 Å². The van der Waals surface area contributed by atoms with Gasteiger partial charge in [0.05, 0.1) is 27.5 Å². The first kappa shape index (κ1) is 20.0. The number of aromatic nitrogens is 3. The van der Waals surface area contributed by atoms with Crippen molar-refractivity contribution < 1.29 is 13.2 Å². The minimum Gasteiger partial charge on any atom is -0.366 e. The smallest absolute Gasteiger partial charge is 0.250 e. The number of carbonyl (C=O) groups excluding carboxylic acids is 1. The Morgan fingerprint density at radius 3 is 2.65 bits per heavy atom. The van der Waals surface area contributed by atoms with Gasteiger partial charge in [-0.1, -0.05) is 0 Å². The summed E-state index contributed by atoms with van der Waals surface area (Å²) in [4.78, 5) is 21.9. The van der Waals surface area contributed by atoms with Crippen molar-refractivity contribution in [2.24, 2.45) is 12.8 Å². The molecular weight excluding hydrogens is 432 g/mol. The summed E-state index contributed by atoms with van der Waals surface area (Å²) in [6.45, 7) is 0. The maximum absolute atomic E-state index is 12.2. The van der Waals surface area contributed by atoms with Crippen LogP contribution in [0.2, 0.25) is 0 Å². The molecule has 3 N–H and O–H groups in total. The largest absolute Gasteiger partial charge is 0.366 e. The van der Waals surface area contributed by atoms with Gasteiger partial charge < -0.3 is 15.3 Å². The second kappa shape index (κ2) is 7.35. The molecule has 4 aromatic rings. The number of amides is 1. The van der Waals surface area contributed by atoms with E-state index >= 15 is 0 Å². The lowest BCUT2D eigenvalue weighted by Gasteiger charge is -2.21. The molecule has 0 spiro atoms. The SMILES string of the molecule is Cn1ccnc1-c1ccc(-c2cc(C(N)=O)c3[nH]cc(C4CCS(=O)(=O)CC4)c3c2)s1. The number of aromatic amines is 1. The topological polar surface area (TPSA) is 111 Å². The lowest BCUT2D eigenvalue weighted by atomic mass is 9.91. The van der Waals surface area contributed by atoms with Crippen molar-refractivity contribution in [3.63, 3.8) is 0 Å². The summed E-state index contributed by atoms with van der Waals surface area (Å²) in [6.07, 6.45) is 6.75. The van der Waals surface area contributed by atoms with Crippen LogP contribution in [0.15, 0.2) is 42.9 Å². The molecular formula is C22H22N4O3S2. The number of fused-ring (bicyclic) bond motifs is 1. The van der Waals surface area contributed by atoms with Gasteiger partial charge in [-0.3, -0.25) is 4.79 Å². The van der Waals surface area contributed by atoms with E-state index in [2.05, 4.69) is 16.0 Å². The van der Waals surface area contributed by atoms with Crippen LogP contribution in [-0.2, 0) is 16.9 Å². The highest BCUT2D eigenvalue weighted by atomic mass is 32.2. The fraction of sp³-hybridized carbons (Fsp3) is 0.273. The molecule has 0 unspecified atom stereocenters. The summed E-state index contributed by atoms with van der Waals surface area (Å²) < 4.78 is 25.7. The summed E-state index contributed by atoms with van der Waals surface area (Å²) in [5.41, 5.74) is 8.82. The average molecular weight is 455 g/mol. The highest BCUT2D eigenvalue weighted by Crippen LogP contribution is 2.39. The van der Waals surface area contributed by atoms with Crippen LogP contribution < -0.4 is 5.73 Å². The molecule has 0 saturated carbocycles. The first-order chi connectivity index (χ1) is 14.8. The van der Waals surface area contributed by atoms with E-state index in [4.69, 9.17) is 5.73 Å². The number of sulfone groups is 1. The maximum Gasteiger partial charge on any atom is 0.250 e. The first-order valence-corrected chi connectivity index (χ1v) is 12.7. The molecule has 0 aliphatic carbocycles. The van der Waals surface area contributed by atoms with E-state index in [1.165, 1.54) is 0 Å². The molecule has 7 nitrogen and oxygen atoms in total. The van der Waals surface area contributed by atoms with Gasteiger partial charge in [-0.05, 0) is 54.2 Å². The Morgan fingerprint density at radius 2 is 1.97 bits per heavy atom. The zero-order valence-corrected chi connectivity index (χ0v) is 18.6. The molecule has 1 aliphatic heterocycles. The average Bonchev–Trinajstić information content (AvgIpc) is 3.46. The number of rotatable bonds is 4. The number of benzene rings is 1. The third-order valence-electron chi connectivity index (χ3n) is 6.01. The molecule has 9 heteroatoms. The van der Waals surface area contributed by atoms with Crippen LogP contribution in [0.4, 0.5) is 0 Å². The Kier molecular flexibility index (Phi) is 4.75. The molecule has 0 bridgehead atoms. The molecule has 1 fully saturated rings. The van der Waals surface area contributed by atoms with Crippen molar-refractivity contribution >= 4 is 38.0 Å². The summed E-state index contributed by atoms with van der Waals surface area (Å²) in [5.74, 6) is 0.931. The van der Waals surface area contributed by atoms with E-state index in [0.717, 1.165) is 32.1 Å². The van der Waals surface area contributed by atoms with Crippen molar-refractivity contribution in [2.75, 3.05) is 11.5 Å². The molecule has 1 saturated heterocycles. The number of nitrogens with one attached hydrogen (secondary N) is 1. The highest BCUT2D eigenvalue weighted by molar-refractivity contribution is 7.91. The lowest BCUT2D eigenvalue weighted by molar-refractivity contribution is 0.100. The molecule has 1 amide bonds. The number of hydrogen-bond acceptors (Lipinski definition) is 5. The van der Waals surface area contributed by atoms with Crippen LogP contribution in [0.1, 0.15) is 34.7 Å². The summed E-state index contributed by atoms with van der Waals surface area (Å²) in [6, 6.07) is 7.95. The standard InChI is InChI=1S/C22H22N4O3S2/c1-26-7-6-24-22(26)19-3-2-18(30-19)14-10-15-17(13-4-8-31(28,29)9-5-13)12-25-20(15)16(11-14)21(23)27/h2-3,6-7,10-13,25H,4-5,8-9H2,1H3,(H2,23,27). The third-order valence-corrected chi connectivity index (χ3v) is 8.86. The minimum absolute atomic E-state index is 0.139. The van der Waals surface area contributed by atoms with Crippen LogP contribution in [0, 0.1) is 0 Å². The van der Waals surface area contributed by atoms with E-state index in [0.29, 0.717) is 23.9 Å². The number of aryl methyl sites for hydroxylation is 1. The first-order valence-electron chi connectivity index (χ1n) is 10.1. The number of nitrogens with zero attached hydrogens (tertiary/aromatic N) is 2. The van der Waals surface area contributed by atoms with Gasteiger partial charge in [-0.15, -0.1) is 11.3 Å². The van der Waals surface area contributed by atoms with Gasteiger partial charge in [0.1, 0.15) is 15.7 Å². The van der Waals surface area contributed by atoms with Crippen LogP contribution in [0.3, 0.4) is 0 Å². The molecule has 0 radical (unpaired) electrons. The van der Waals surface area contributed by atoms with Crippen LogP contribution >= 0.6 is 11.3 Å². The molecule has 1 aromatic carbocycles. The van der Waals surface area contributed by atoms with Crippen LogP contribution in [-0.4, -0.2) is 40.4 Å². The Balaban J connectivity index is 1.60. The zero-order chi connectivity index (χ0) is 21.8. The fourth-order valence-electron chi connectivity index (χ4n) is 4.34. The van der Waals surface area contributed by atoms with Crippen molar-refractivity contribution in [3.05, 3.63) is 54.0 Å². The molecule has 5 rings (SSSR count). The van der Waals surface area contributed by atoms with Crippen molar-refractivity contribution in [1.82, 2.24) is 14.5 Å². The Hall–Kier alpha value is -2.91. The van der Waals surface area contributed by atoms with Crippen LogP contribution in [0.25, 0.3) is 32.0 Å². The number of primary amides is 1.